The molecule has 0 bridgehead atoms. The lowest BCUT2D eigenvalue weighted by atomic mass is 10.2. The highest BCUT2D eigenvalue weighted by atomic mass is 32.1. The first kappa shape index (κ1) is 19.7. The van der Waals surface area contributed by atoms with Gasteiger partial charge in [-0.1, -0.05) is 29.8 Å². The van der Waals surface area contributed by atoms with E-state index in [4.69, 9.17) is 14.2 Å². The first-order chi connectivity index (χ1) is 13.5. The average molecular weight is 398 g/mol. The fraction of sp³-hybridized carbons (Fsp3) is 0.238. The summed E-state index contributed by atoms with van der Waals surface area (Å²) in [6.45, 7) is 2.05. The summed E-state index contributed by atoms with van der Waals surface area (Å²) < 4.78 is 15.9. The van der Waals surface area contributed by atoms with E-state index in [0.717, 1.165) is 16.3 Å². The second-order valence-corrected chi connectivity index (χ2v) is 7.01. The molecule has 0 saturated carbocycles. The molecule has 0 aliphatic heterocycles. The minimum absolute atomic E-state index is 0.171. The van der Waals surface area contributed by atoms with E-state index >= 15 is 0 Å². The molecule has 3 aromatic rings. The highest BCUT2D eigenvalue weighted by Crippen LogP contribution is 2.40. The van der Waals surface area contributed by atoms with Crippen LogP contribution in [0, 0.1) is 6.92 Å². The van der Waals surface area contributed by atoms with Gasteiger partial charge in [-0.2, -0.15) is 0 Å². The Kier molecular flexibility index (Phi) is 6.16. The lowest BCUT2D eigenvalue weighted by Gasteiger charge is -2.14. The van der Waals surface area contributed by atoms with Crippen LogP contribution in [-0.2, 0) is 11.2 Å². The van der Waals surface area contributed by atoms with E-state index in [1.54, 1.807) is 12.1 Å². The zero-order chi connectivity index (χ0) is 20.1. The number of methoxy groups -OCH3 is 3. The third-order valence-corrected chi connectivity index (χ3v) is 5.08. The minimum atomic E-state index is -0.171. The van der Waals surface area contributed by atoms with Crippen LogP contribution in [0.4, 0.5) is 5.69 Å². The Bertz CT molecular complexity index is 942. The molecule has 6 nitrogen and oxygen atoms in total. The van der Waals surface area contributed by atoms with E-state index in [9.17, 15) is 4.79 Å². The monoisotopic (exact) mass is 398 g/mol. The van der Waals surface area contributed by atoms with Crippen molar-refractivity contribution < 1.29 is 19.0 Å². The molecule has 3 rings (SSSR count). The Morgan fingerprint density at radius 2 is 1.68 bits per heavy atom. The number of amides is 1. The number of carbonyl (C=O) groups excluding carboxylic acids is 1. The van der Waals surface area contributed by atoms with Crippen molar-refractivity contribution in [2.75, 3.05) is 26.6 Å². The lowest BCUT2D eigenvalue weighted by Crippen LogP contribution is -2.15. The summed E-state index contributed by atoms with van der Waals surface area (Å²) in [6, 6.07) is 11.6. The molecule has 0 atom stereocenters. The van der Waals surface area contributed by atoms with Crippen LogP contribution in [0.1, 0.15) is 11.3 Å². The van der Waals surface area contributed by atoms with Gasteiger partial charge in [-0.15, -0.1) is 11.3 Å². The van der Waals surface area contributed by atoms with Crippen LogP contribution in [0.15, 0.2) is 41.8 Å². The molecular weight excluding hydrogens is 376 g/mol. The molecule has 0 unspecified atom stereocenters. The van der Waals surface area contributed by atoms with Crippen LogP contribution < -0.4 is 19.5 Å². The van der Waals surface area contributed by atoms with Crippen LogP contribution in [0.3, 0.4) is 0 Å². The van der Waals surface area contributed by atoms with E-state index in [1.165, 1.54) is 38.2 Å². The Balaban J connectivity index is 1.72. The summed E-state index contributed by atoms with van der Waals surface area (Å²) in [7, 11) is 4.60. The van der Waals surface area contributed by atoms with Crippen LogP contribution in [0.2, 0.25) is 0 Å². The summed E-state index contributed by atoms with van der Waals surface area (Å²) in [4.78, 5) is 17.0. The van der Waals surface area contributed by atoms with Gasteiger partial charge in [-0.25, -0.2) is 4.98 Å². The fourth-order valence-electron chi connectivity index (χ4n) is 2.74. The molecule has 2 aromatic carbocycles. The number of ether oxygens (including phenoxy) is 3. The third kappa shape index (κ3) is 4.43. The van der Waals surface area contributed by atoms with Crippen molar-refractivity contribution in [3.05, 3.63) is 53.0 Å². The molecule has 1 amide bonds. The number of rotatable bonds is 7. The SMILES string of the molecule is COc1cc(NC(=O)Cc2csc(-c3ccc(C)cc3)n2)cc(OC)c1OC. The number of anilines is 1. The van der Waals surface area contributed by atoms with Crippen LogP contribution in [-0.4, -0.2) is 32.2 Å². The molecule has 28 heavy (non-hydrogen) atoms. The van der Waals surface area contributed by atoms with Crippen LogP contribution in [0.25, 0.3) is 10.6 Å². The predicted molar refractivity (Wildman–Crippen MR) is 111 cm³/mol. The highest BCUT2D eigenvalue weighted by Gasteiger charge is 2.15. The fourth-order valence-corrected chi connectivity index (χ4v) is 3.57. The first-order valence-corrected chi connectivity index (χ1v) is 9.53. The maximum absolute atomic E-state index is 12.5. The van der Waals surface area contributed by atoms with Gasteiger partial charge in [0, 0.05) is 28.8 Å². The second kappa shape index (κ2) is 8.75. The summed E-state index contributed by atoms with van der Waals surface area (Å²) in [5.74, 6) is 1.26. The number of carbonyl (C=O) groups is 1. The first-order valence-electron chi connectivity index (χ1n) is 8.65. The maximum Gasteiger partial charge on any atom is 0.230 e. The number of aryl methyl sites for hydroxylation is 1. The molecule has 0 aliphatic carbocycles. The van der Waals surface area contributed by atoms with Gasteiger partial charge in [0.2, 0.25) is 11.7 Å². The van der Waals surface area contributed by atoms with Gasteiger partial charge >= 0.3 is 0 Å². The van der Waals surface area contributed by atoms with Gasteiger partial charge in [0.1, 0.15) is 5.01 Å². The number of thiazole rings is 1. The summed E-state index contributed by atoms with van der Waals surface area (Å²) in [5, 5.41) is 5.66. The topological polar surface area (TPSA) is 69.7 Å². The Hall–Kier alpha value is -3.06. The van der Waals surface area contributed by atoms with Crippen molar-refractivity contribution in [2.45, 2.75) is 13.3 Å². The van der Waals surface area contributed by atoms with Gasteiger partial charge in [0.05, 0.1) is 33.4 Å². The second-order valence-electron chi connectivity index (χ2n) is 6.15. The van der Waals surface area contributed by atoms with E-state index in [1.807, 2.05) is 36.6 Å². The van der Waals surface area contributed by atoms with Crippen molar-refractivity contribution in [1.82, 2.24) is 4.98 Å². The number of benzene rings is 2. The van der Waals surface area contributed by atoms with Crippen molar-refractivity contribution in [1.29, 1.82) is 0 Å². The Morgan fingerprint density at radius 1 is 1.04 bits per heavy atom. The molecule has 1 heterocycles. The molecule has 0 aliphatic rings. The van der Waals surface area contributed by atoms with E-state index in [-0.39, 0.29) is 12.3 Å². The molecule has 0 fully saturated rings. The van der Waals surface area contributed by atoms with Gasteiger partial charge in [0.25, 0.3) is 0 Å². The number of nitrogens with zero attached hydrogens (tertiary/aromatic N) is 1. The predicted octanol–water partition coefficient (Wildman–Crippen LogP) is 4.33. The molecular formula is C21H22N2O4S. The Labute approximate surface area is 168 Å². The zero-order valence-corrected chi connectivity index (χ0v) is 17.1. The van der Waals surface area contributed by atoms with Crippen molar-refractivity contribution in [3.8, 4) is 27.8 Å². The summed E-state index contributed by atoms with van der Waals surface area (Å²) in [6.07, 6.45) is 0.180. The van der Waals surface area contributed by atoms with Crippen molar-refractivity contribution >= 4 is 22.9 Å². The summed E-state index contributed by atoms with van der Waals surface area (Å²) in [5.41, 5.74) is 3.54. The Morgan fingerprint density at radius 3 is 2.25 bits per heavy atom. The molecule has 146 valence electrons. The normalized spacial score (nSPS) is 10.4. The van der Waals surface area contributed by atoms with Gasteiger partial charge in [-0.3, -0.25) is 4.79 Å². The largest absolute Gasteiger partial charge is 0.493 e. The molecule has 0 radical (unpaired) electrons. The minimum Gasteiger partial charge on any atom is -0.493 e. The van der Waals surface area contributed by atoms with Crippen LogP contribution >= 0.6 is 11.3 Å². The van der Waals surface area contributed by atoms with Gasteiger partial charge in [0.15, 0.2) is 11.5 Å². The van der Waals surface area contributed by atoms with Crippen LogP contribution in [0.5, 0.6) is 17.2 Å². The smallest absolute Gasteiger partial charge is 0.230 e. The van der Waals surface area contributed by atoms with E-state index < -0.39 is 0 Å². The maximum atomic E-state index is 12.5. The lowest BCUT2D eigenvalue weighted by molar-refractivity contribution is -0.115. The van der Waals surface area contributed by atoms with Crippen molar-refractivity contribution in [2.24, 2.45) is 0 Å². The number of aromatic nitrogens is 1. The number of hydrogen-bond acceptors (Lipinski definition) is 6. The highest BCUT2D eigenvalue weighted by molar-refractivity contribution is 7.13. The standard InChI is InChI=1S/C21H22N2O4S/c1-13-5-7-14(8-6-13)21-23-16(12-28-21)11-19(24)22-15-9-17(25-2)20(27-4)18(10-15)26-3/h5-10,12H,11H2,1-4H3,(H,22,24). The average Bonchev–Trinajstić information content (AvgIpc) is 3.15. The van der Waals surface area contributed by atoms with E-state index in [2.05, 4.69) is 10.3 Å². The molecule has 1 N–H and O–H groups in total. The molecule has 0 spiro atoms. The zero-order valence-electron chi connectivity index (χ0n) is 16.2. The molecule has 7 heteroatoms. The van der Waals surface area contributed by atoms with Gasteiger partial charge in [-0.05, 0) is 6.92 Å². The van der Waals surface area contributed by atoms with Crippen molar-refractivity contribution in [3.63, 3.8) is 0 Å². The van der Waals surface area contributed by atoms with Gasteiger partial charge < -0.3 is 19.5 Å². The third-order valence-electron chi connectivity index (χ3n) is 4.14. The number of nitrogens with one attached hydrogen (secondary N) is 1. The van der Waals surface area contributed by atoms with E-state index in [0.29, 0.717) is 22.9 Å². The molecule has 1 aromatic heterocycles. The number of hydrogen-bond donors (Lipinski definition) is 1. The molecule has 0 saturated heterocycles. The summed E-state index contributed by atoms with van der Waals surface area (Å²) >= 11 is 1.53. The quantitative estimate of drug-likeness (QED) is 0.642.